The molecule has 1 saturated heterocycles. The number of likely N-dealkylation sites (tertiary alicyclic amines) is 1. The van der Waals surface area contributed by atoms with Crippen LogP contribution in [0.15, 0.2) is 30.5 Å². The Hall–Kier alpha value is -2.81. The van der Waals surface area contributed by atoms with Gasteiger partial charge in [-0.1, -0.05) is 12.1 Å². The number of aromatic amines is 1. The second kappa shape index (κ2) is 5.43. The number of hydrogen-bond donors (Lipinski definition) is 1. The molecule has 0 aliphatic carbocycles. The maximum Gasteiger partial charge on any atom is 0.250 e. The topological polar surface area (TPSA) is 76.0 Å². The van der Waals surface area contributed by atoms with Gasteiger partial charge < -0.3 is 4.90 Å². The zero-order chi connectivity index (χ0) is 15.8. The molecule has 0 bridgehead atoms. The van der Waals surface area contributed by atoms with Gasteiger partial charge >= 0.3 is 0 Å². The van der Waals surface area contributed by atoms with Gasteiger partial charge in [0.25, 0.3) is 0 Å². The Morgan fingerprint density at radius 2 is 2.26 bits per heavy atom. The Morgan fingerprint density at radius 1 is 1.35 bits per heavy atom. The summed E-state index contributed by atoms with van der Waals surface area (Å²) in [5.41, 5.74) is 4.20. The van der Waals surface area contributed by atoms with Crippen molar-refractivity contribution >= 4 is 11.6 Å². The summed E-state index contributed by atoms with van der Waals surface area (Å²) < 4.78 is 0. The quantitative estimate of drug-likeness (QED) is 0.860. The molecule has 2 aliphatic rings. The molecule has 0 spiro atoms. The first-order valence-corrected chi connectivity index (χ1v) is 7.89. The number of H-pyrrole nitrogens is 1. The molecule has 1 amide bonds. The van der Waals surface area contributed by atoms with Crippen LogP contribution >= 0.6 is 0 Å². The van der Waals surface area contributed by atoms with E-state index < -0.39 is 0 Å². The van der Waals surface area contributed by atoms with E-state index in [9.17, 15) is 10.1 Å². The van der Waals surface area contributed by atoms with E-state index in [2.05, 4.69) is 22.5 Å². The zero-order valence-electron chi connectivity index (χ0n) is 12.7. The number of hydrogen-bond acceptors (Lipinski definition) is 4. The molecule has 1 aromatic heterocycles. The molecule has 6 nitrogen and oxygen atoms in total. The Bertz CT molecular complexity index is 777. The SMILES string of the molecule is N#CN1CCC[C@H]1C(=O)N1CCc2c(-c3ccn[nH]3)cccc21. The van der Waals surface area contributed by atoms with E-state index in [1.807, 2.05) is 23.1 Å². The molecule has 1 atom stereocenters. The summed E-state index contributed by atoms with van der Waals surface area (Å²) in [6.45, 7) is 1.36. The van der Waals surface area contributed by atoms with E-state index in [0.717, 1.165) is 36.2 Å². The predicted molar refractivity (Wildman–Crippen MR) is 85.4 cm³/mol. The second-order valence-corrected chi connectivity index (χ2v) is 5.96. The fourth-order valence-electron chi connectivity index (χ4n) is 3.64. The second-order valence-electron chi connectivity index (χ2n) is 5.96. The van der Waals surface area contributed by atoms with Crippen LogP contribution in [-0.2, 0) is 11.2 Å². The van der Waals surface area contributed by atoms with E-state index in [1.54, 1.807) is 11.1 Å². The Labute approximate surface area is 134 Å². The largest absolute Gasteiger partial charge is 0.310 e. The Kier molecular flexibility index (Phi) is 3.27. The van der Waals surface area contributed by atoms with Crippen LogP contribution in [0.2, 0.25) is 0 Å². The number of nitrogens with zero attached hydrogens (tertiary/aromatic N) is 4. The smallest absolute Gasteiger partial charge is 0.250 e. The number of nitrogens with one attached hydrogen (secondary N) is 1. The minimum atomic E-state index is -0.304. The third-order valence-corrected chi connectivity index (χ3v) is 4.75. The Balaban J connectivity index is 1.68. The molecule has 2 aromatic rings. The van der Waals surface area contributed by atoms with E-state index in [4.69, 9.17) is 0 Å². The van der Waals surface area contributed by atoms with Crippen LogP contribution < -0.4 is 4.90 Å². The minimum Gasteiger partial charge on any atom is -0.310 e. The lowest BCUT2D eigenvalue weighted by Gasteiger charge is -2.24. The van der Waals surface area contributed by atoms with Crippen molar-refractivity contribution in [1.29, 1.82) is 5.26 Å². The summed E-state index contributed by atoms with van der Waals surface area (Å²) in [6.07, 6.45) is 6.37. The summed E-state index contributed by atoms with van der Waals surface area (Å²) in [5.74, 6) is 0.0459. The van der Waals surface area contributed by atoms with Crippen molar-refractivity contribution < 1.29 is 4.79 Å². The lowest BCUT2D eigenvalue weighted by molar-refractivity contribution is -0.121. The highest BCUT2D eigenvalue weighted by Gasteiger charge is 2.36. The minimum absolute atomic E-state index is 0.0459. The van der Waals surface area contributed by atoms with Crippen molar-refractivity contribution in [3.8, 4) is 17.5 Å². The highest BCUT2D eigenvalue weighted by molar-refractivity contribution is 6.00. The zero-order valence-corrected chi connectivity index (χ0v) is 12.7. The number of aromatic nitrogens is 2. The number of carbonyl (C=O) groups excluding carboxylic acids is 1. The molecular weight excluding hydrogens is 290 g/mol. The first-order chi connectivity index (χ1) is 11.3. The van der Waals surface area contributed by atoms with Crippen LogP contribution in [0.3, 0.4) is 0 Å². The van der Waals surface area contributed by atoms with Crippen molar-refractivity contribution in [2.24, 2.45) is 0 Å². The first-order valence-electron chi connectivity index (χ1n) is 7.89. The van der Waals surface area contributed by atoms with E-state index in [0.29, 0.717) is 13.1 Å². The molecule has 0 unspecified atom stereocenters. The fraction of sp³-hybridized carbons (Fsp3) is 0.353. The van der Waals surface area contributed by atoms with Crippen molar-refractivity contribution in [3.63, 3.8) is 0 Å². The van der Waals surface area contributed by atoms with E-state index in [-0.39, 0.29) is 11.9 Å². The average Bonchev–Trinajstić information content (AvgIpc) is 3.32. The van der Waals surface area contributed by atoms with Crippen molar-refractivity contribution in [2.45, 2.75) is 25.3 Å². The predicted octanol–water partition coefficient (Wildman–Crippen LogP) is 1.91. The standard InChI is InChI=1S/C17H17N5O/c18-11-21-9-2-5-16(21)17(23)22-10-7-13-12(3-1-4-15(13)22)14-6-8-19-20-14/h1,3-4,6,8,16H,2,5,7,9-10H2,(H,19,20)/t16-/m0/s1. The maximum absolute atomic E-state index is 12.9. The summed E-state index contributed by atoms with van der Waals surface area (Å²) in [5, 5.41) is 16.2. The molecule has 116 valence electrons. The molecule has 6 heteroatoms. The lowest BCUT2D eigenvalue weighted by atomic mass is 10.0. The first kappa shape index (κ1) is 13.8. The molecule has 4 rings (SSSR count). The number of benzene rings is 1. The van der Waals surface area contributed by atoms with Gasteiger partial charge in [0.1, 0.15) is 6.04 Å². The average molecular weight is 307 g/mol. The maximum atomic E-state index is 12.9. The molecule has 0 saturated carbocycles. The summed E-state index contributed by atoms with van der Waals surface area (Å²) in [4.78, 5) is 16.3. The Morgan fingerprint density at radius 3 is 3.04 bits per heavy atom. The van der Waals surface area contributed by atoms with Gasteiger partial charge in [-0.3, -0.25) is 14.8 Å². The molecule has 0 radical (unpaired) electrons. The van der Waals surface area contributed by atoms with Crippen LogP contribution in [0.1, 0.15) is 18.4 Å². The molecule has 23 heavy (non-hydrogen) atoms. The van der Waals surface area contributed by atoms with Gasteiger partial charge in [0.15, 0.2) is 6.19 Å². The summed E-state index contributed by atoms with van der Waals surface area (Å²) in [6, 6.07) is 7.65. The highest BCUT2D eigenvalue weighted by Crippen LogP contribution is 2.36. The van der Waals surface area contributed by atoms with E-state index >= 15 is 0 Å². The van der Waals surface area contributed by atoms with Crippen LogP contribution in [0.25, 0.3) is 11.3 Å². The van der Waals surface area contributed by atoms with Gasteiger partial charge in [-0.05, 0) is 37.0 Å². The number of anilines is 1. The summed E-state index contributed by atoms with van der Waals surface area (Å²) >= 11 is 0. The van der Waals surface area contributed by atoms with Gasteiger partial charge in [0.05, 0.1) is 5.69 Å². The number of rotatable bonds is 2. The van der Waals surface area contributed by atoms with Crippen LogP contribution in [0.5, 0.6) is 0 Å². The van der Waals surface area contributed by atoms with Crippen molar-refractivity contribution in [2.75, 3.05) is 18.0 Å². The molecule has 1 aromatic carbocycles. The normalized spacial score (nSPS) is 19.7. The molecule has 1 N–H and O–H groups in total. The number of nitriles is 1. The van der Waals surface area contributed by atoms with Crippen molar-refractivity contribution in [3.05, 3.63) is 36.0 Å². The molecule has 1 fully saturated rings. The van der Waals surface area contributed by atoms with Gasteiger partial charge in [0.2, 0.25) is 5.91 Å². The lowest BCUT2D eigenvalue weighted by Crippen LogP contribution is -2.43. The van der Waals surface area contributed by atoms with Crippen LogP contribution in [0, 0.1) is 11.5 Å². The third kappa shape index (κ3) is 2.16. The monoisotopic (exact) mass is 307 g/mol. The number of carbonyl (C=O) groups is 1. The van der Waals surface area contributed by atoms with Gasteiger partial charge in [-0.2, -0.15) is 10.4 Å². The van der Waals surface area contributed by atoms with Crippen LogP contribution in [-0.4, -0.2) is 40.1 Å². The van der Waals surface area contributed by atoms with Gasteiger partial charge in [-0.25, -0.2) is 0 Å². The number of fused-ring (bicyclic) bond motifs is 1. The summed E-state index contributed by atoms with van der Waals surface area (Å²) in [7, 11) is 0. The molecule has 2 aliphatic heterocycles. The van der Waals surface area contributed by atoms with Crippen LogP contribution in [0.4, 0.5) is 5.69 Å². The van der Waals surface area contributed by atoms with Gasteiger partial charge in [-0.15, -0.1) is 0 Å². The molecule has 3 heterocycles. The number of amides is 1. The van der Waals surface area contributed by atoms with Crippen molar-refractivity contribution in [1.82, 2.24) is 15.1 Å². The highest BCUT2D eigenvalue weighted by atomic mass is 16.2. The van der Waals surface area contributed by atoms with E-state index in [1.165, 1.54) is 5.56 Å². The fourth-order valence-corrected chi connectivity index (χ4v) is 3.64. The third-order valence-electron chi connectivity index (χ3n) is 4.75. The molecular formula is C17H17N5O. The van der Waals surface area contributed by atoms with Gasteiger partial charge in [0, 0.05) is 30.5 Å².